The largest absolute Gasteiger partial charge is 0.466 e. The van der Waals surface area contributed by atoms with Crippen molar-refractivity contribution in [3.8, 4) is 0 Å². The first-order valence-electron chi connectivity index (χ1n) is 5.11. The normalized spacial score (nSPS) is 29.5. The molecule has 5 nitrogen and oxygen atoms in total. The number of nitrogens with zero attached hydrogens (tertiary/aromatic N) is 1. The molecule has 1 unspecified atom stereocenters. The molecule has 2 aliphatic heterocycles. The molecule has 0 aromatic carbocycles. The molecule has 0 radical (unpaired) electrons. The fourth-order valence-corrected chi connectivity index (χ4v) is 2.28. The van der Waals surface area contributed by atoms with E-state index in [4.69, 9.17) is 4.74 Å². The van der Waals surface area contributed by atoms with Gasteiger partial charge in [-0.2, -0.15) is 0 Å². The Balaban J connectivity index is 2.12. The van der Waals surface area contributed by atoms with Crippen LogP contribution in [0.25, 0.3) is 0 Å². The molecule has 2 rings (SSSR count). The third kappa shape index (κ3) is 1.62. The van der Waals surface area contributed by atoms with Crippen molar-refractivity contribution in [3.05, 3.63) is 0 Å². The predicted molar refractivity (Wildman–Crippen MR) is 49.9 cm³/mol. The van der Waals surface area contributed by atoms with Gasteiger partial charge in [-0.3, -0.25) is 14.4 Å². The lowest BCUT2D eigenvalue weighted by atomic mass is 9.98. The summed E-state index contributed by atoms with van der Waals surface area (Å²) in [7, 11) is 0. The molecule has 2 heterocycles. The van der Waals surface area contributed by atoms with Gasteiger partial charge in [0.05, 0.1) is 25.1 Å². The molecule has 2 aliphatic rings. The van der Waals surface area contributed by atoms with Gasteiger partial charge in [0.25, 0.3) is 0 Å². The zero-order valence-corrected chi connectivity index (χ0v) is 8.56. The van der Waals surface area contributed by atoms with Crippen molar-refractivity contribution in [2.45, 2.75) is 25.8 Å². The topological polar surface area (TPSA) is 63.7 Å². The SMILES string of the molecule is CCOC(=O)[C@H]1CC(=O)N2CC(=O)CC12. The van der Waals surface area contributed by atoms with Crippen LogP contribution in [0.3, 0.4) is 0 Å². The molecule has 0 saturated carbocycles. The number of fused-ring (bicyclic) bond motifs is 1. The van der Waals surface area contributed by atoms with E-state index >= 15 is 0 Å². The Labute approximate surface area is 87.4 Å². The fraction of sp³-hybridized carbons (Fsp3) is 0.700. The Morgan fingerprint density at radius 3 is 2.87 bits per heavy atom. The molecular formula is C10H13NO4. The highest BCUT2D eigenvalue weighted by Gasteiger charge is 2.49. The minimum absolute atomic E-state index is 0.0300. The van der Waals surface area contributed by atoms with Crippen molar-refractivity contribution >= 4 is 17.7 Å². The summed E-state index contributed by atoms with van der Waals surface area (Å²) in [5.41, 5.74) is 0. The molecule has 0 N–H and O–H groups in total. The molecule has 2 fully saturated rings. The average Bonchev–Trinajstić information content (AvgIpc) is 2.67. The Morgan fingerprint density at radius 1 is 1.47 bits per heavy atom. The second-order valence-corrected chi connectivity index (χ2v) is 3.89. The van der Waals surface area contributed by atoms with E-state index in [0.29, 0.717) is 13.0 Å². The van der Waals surface area contributed by atoms with Gasteiger partial charge in [-0.25, -0.2) is 0 Å². The molecule has 0 aromatic heterocycles. The molecule has 5 heteroatoms. The van der Waals surface area contributed by atoms with Crippen molar-refractivity contribution in [2.24, 2.45) is 5.92 Å². The lowest BCUT2D eigenvalue weighted by Crippen LogP contribution is -2.32. The number of hydrogen-bond acceptors (Lipinski definition) is 4. The number of carbonyl (C=O) groups is 3. The summed E-state index contributed by atoms with van der Waals surface area (Å²) in [5.74, 6) is -0.872. The summed E-state index contributed by atoms with van der Waals surface area (Å²) in [6, 6.07) is -0.246. The molecule has 1 amide bonds. The van der Waals surface area contributed by atoms with Crippen LogP contribution in [-0.2, 0) is 19.1 Å². The summed E-state index contributed by atoms with van der Waals surface area (Å²) in [4.78, 5) is 35.7. The van der Waals surface area contributed by atoms with Crippen LogP contribution in [-0.4, -0.2) is 41.8 Å². The monoisotopic (exact) mass is 211 g/mol. The zero-order chi connectivity index (χ0) is 11.0. The molecule has 0 aliphatic carbocycles. The van der Waals surface area contributed by atoms with Gasteiger partial charge in [0.1, 0.15) is 0 Å². The van der Waals surface area contributed by atoms with Crippen LogP contribution in [0.2, 0.25) is 0 Å². The number of Topliss-reactive ketones (excluding diaryl/α,β-unsaturated/α-hetero) is 1. The Kier molecular flexibility index (Phi) is 2.46. The summed E-state index contributed by atoms with van der Waals surface area (Å²) in [5, 5.41) is 0. The van der Waals surface area contributed by atoms with Gasteiger partial charge in [-0.1, -0.05) is 0 Å². The molecular weight excluding hydrogens is 198 g/mol. The highest BCUT2D eigenvalue weighted by Crippen LogP contribution is 2.32. The second kappa shape index (κ2) is 3.64. The Hall–Kier alpha value is -1.39. The smallest absolute Gasteiger partial charge is 0.311 e. The highest BCUT2D eigenvalue weighted by atomic mass is 16.5. The number of hydrogen-bond donors (Lipinski definition) is 0. The number of ether oxygens (including phenoxy) is 1. The van der Waals surface area contributed by atoms with Crippen LogP contribution in [0.15, 0.2) is 0 Å². The molecule has 0 spiro atoms. The van der Waals surface area contributed by atoms with Crippen LogP contribution in [0.5, 0.6) is 0 Å². The average molecular weight is 211 g/mol. The third-order valence-corrected chi connectivity index (χ3v) is 2.95. The van der Waals surface area contributed by atoms with E-state index in [9.17, 15) is 14.4 Å². The van der Waals surface area contributed by atoms with Crippen LogP contribution in [0, 0.1) is 5.92 Å². The van der Waals surface area contributed by atoms with E-state index in [1.165, 1.54) is 4.90 Å². The van der Waals surface area contributed by atoms with Gasteiger partial charge in [0.15, 0.2) is 5.78 Å². The van der Waals surface area contributed by atoms with Crippen molar-refractivity contribution in [3.63, 3.8) is 0 Å². The van der Waals surface area contributed by atoms with Gasteiger partial charge in [0.2, 0.25) is 5.91 Å². The number of rotatable bonds is 2. The van der Waals surface area contributed by atoms with Crippen LogP contribution < -0.4 is 0 Å². The summed E-state index contributed by atoms with van der Waals surface area (Å²) in [6.45, 7) is 2.20. The maximum Gasteiger partial charge on any atom is 0.311 e. The summed E-state index contributed by atoms with van der Waals surface area (Å²) >= 11 is 0. The van der Waals surface area contributed by atoms with Crippen molar-refractivity contribution in [1.82, 2.24) is 4.90 Å². The number of carbonyl (C=O) groups excluding carboxylic acids is 3. The van der Waals surface area contributed by atoms with E-state index in [-0.39, 0.29) is 36.7 Å². The van der Waals surface area contributed by atoms with E-state index in [1.807, 2.05) is 0 Å². The Morgan fingerprint density at radius 2 is 2.20 bits per heavy atom. The maximum atomic E-state index is 11.5. The van der Waals surface area contributed by atoms with Crippen LogP contribution in [0.4, 0.5) is 0 Å². The maximum absolute atomic E-state index is 11.5. The Bertz CT molecular complexity index is 325. The second-order valence-electron chi connectivity index (χ2n) is 3.89. The van der Waals surface area contributed by atoms with E-state index in [0.717, 1.165) is 0 Å². The van der Waals surface area contributed by atoms with Crippen molar-refractivity contribution in [1.29, 1.82) is 0 Å². The van der Waals surface area contributed by atoms with E-state index < -0.39 is 5.92 Å². The molecule has 2 saturated heterocycles. The van der Waals surface area contributed by atoms with Crippen molar-refractivity contribution < 1.29 is 19.1 Å². The quantitative estimate of drug-likeness (QED) is 0.590. The van der Waals surface area contributed by atoms with Gasteiger partial charge in [0, 0.05) is 12.8 Å². The lowest BCUT2D eigenvalue weighted by molar-refractivity contribution is -0.148. The molecule has 82 valence electrons. The zero-order valence-electron chi connectivity index (χ0n) is 8.56. The van der Waals surface area contributed by atoms with Gasteiger partial charge in [-0.15, -0.1) is 0 Å². The first kappa shape index (κ1) is 10.1. The highest BCUT2D eigenvalue weighted by molar-refractivity contribution is 5.96. The summed E-state index contributed by atoms with van der Waals surface area (Å²) < 4.78 is 4.89. The minimum atomic E-state index is -0.441. The van der Waals surface area contributed by atoms with Gasteiger partial charge >= 0.3 is 5.97 Å². The molecule has 2 atom stereocenters. The number of esters is 1. The van der Waals surface area contributed by atoms with Crippen molar-refractivity contribution in [2.75, 3.05) is 13.2 Å². The van der Waals surface area contributed by atoms with Crippen LogP contribution in [0.1, 0.15) is 19.8 Å². The van der Waals surface area contributed by atoms with E-state index in [1.54, 1.807) is 6.92 Å². The first-order valence-corrected chi connectivity index (χ1v) is 5.11. The van der Waals surface area contributed by atoms with Gasteiger partial charge < -0.3 is 9.64 Å². The number of amides is 1. The van der Waals surface area contributed by atoms with Gasteiger partial charge in [-0.05, 0) is 6.92 Å². The van der Waals surface area contributed by atoms with Crippen LogP contribution >= 0.6 is 0 Å². The molecule has 0 bridgehead atoms. The third-order valence-electron chi connectivity index (χ3n) is 2.95. The number of ketones is 1. The summed E-state index contributed by atoms with van der Waals surface area (Å²) in [6.07, 6.45) is 0.492. The minimum Gasteiger partial charge on any atom is -0.466 e. The molecule has 0 aromatic rings. The lowest BCUT2D eigenvalue weighted by Gasteiger charge is -2.17. The fourth-order valence-electron chi connectivity index (χ4n) is 2.28. The predicted octanol–water partition coefficient (Wildman–Crippen LogP) is -0.261. The standard InChI is InChI=1S/C10H13NO4/c1-2-15-10(14)7-4-9(13)11-5-6(12)3-8(7)11/h7-8H,2-5H2,1H3/t7-,8?/m0/s1. The van der Waals surface area contributed by atoms with E-state index in [2.05, 4.69) is 0 Å². The first-order chi connectivity index (χ1) is 7.13. The molecule has 15 heavy (non-hydrogen) atoms.